The van der Waals surface area contributed by atoms with Gasteiger partial charge in [-0.05, 0) is 46.0 Å². The Morgan fingerprint density at radius 2 is 1.85 bits per heavy atom. The molecule has 0 aliphatic carbocycles. The van der Waals surface area contributed by atoms with Crippen molar-refractivity contribution in [1.29, 1.82) is 0 Å². The first-order chi connectivity index (χ1) is 9.23. The van der Waals surface area contributed by atoms with Gasteiger partial charge in [-0.3, -0.25) is 0 Å². The number of hydrogen-bond donors (Lipinski definition) is 1. The zero-order chi connectivity index (χ0) is 15.1. The van der Waals surface area contributed by atoms with Crippen LogP contribution in [0.25, 0.3) is 0 Å². The Morgan fingerprint density at radius 3 is 2.30 bits per heavy atom. The lowest BCUT2D eigenvalue weighted by molar-refractivity contribution is 0.0696. The summed E-state index contributed by atoms with van der Waals surface area (Å²) in [5.74, 6) is -0.443. The molecule has 20 heavy (non-hydrogen) atoms. The van der Waals surface area contributed by atoms with Crippen LogP contribution < -0.4 is 0 Å². The monoisotopic (exact) mass is 361 g/mol. The molecule has 1 fully saturated rings. The van der Waals surface area contributed by atoms with Gasteiger partial charge in [0, 0.05) is 17.6 Å². The van der Waals surface area contributed by atoms with E-state index in [1.165, 1.54) is 22.5 Å². The van der Waals surface area contributed by atoms with Crippen molar-refractivity contribution in [3.63, 3.8) is 0 Å². The highest BCUT2D eigenvalue weighted by molar-refractivity contribution is 9.10. The summed E-state index contributed by atoms with van der Waals surface area (Å²) in [4.78, 5) is 11.0. The van der Waals surface area contributed by atoms with Crippen molar-refractivity contribution in [3.05, 3.63) is 28.2 Å². The molecule has 0 spiro atoms. The minimum absolute atomic E-state index is 0.0546. The number of carboxylic acid groups (broad SMARTS) is 1. The quantitative estimate of drug-likeness (QED) is 0.896. The topological polar surface area (TPSA) is 74.7 Å². The van der Waals surface area contributed by atoms with Gasteiger partial charge in [0.2, 0.25) is 10.0 Å². The molecule has 2 atom stereocenters. The van der Waals surface area contributed by atoms with Crippen LogP contribution >= 0.6 is 15.9 Å². The fourth-order valence-corrected chi connectivity index (χ4v) is 4.93. The number of halogens is 1. The maximum atomic E-state index is 12.6. The predicted octanol–water partition coefficient (Wildman–Crippen LogP) is 2.42. The summed E-state index contributed by atoms with van der Waals surface area (Å²) in [6.45, 7) is 5.05. The van der Waals surface area contributed by atoms with Gasteiger partial charge in [0.1, 0.15) is 0 Å². The van der Waals surface area contributed by atoms with Crippen LogP contribution in [0.1, 0.15) is 24.2 Å². The van der Waals surface area contributed by atoms with Gasteiger partial charge in [0.25, 0.3) is 0 Å². The highest BCUT2D eigenvalue weighted by Crippen LogP contribution is 2.31. The summed E-state index contributed by atoms with van der Waals surface area (Å²) in [6.07, 6.45) is 0. The van der Waals surface area contributed by atoms with E-state index in [1.807, 2.05) is 13.8 Å². The number of nitrogens with zero attached hydrogens (tertiary/aromatic N) is 1. The van der Waals surface area contributed by atoms with Crippen LogP contribution in [0.4, 0.5) is 0 Å². The molecule has 1 saturated heterocycles. The number of aromatic carboxylic acids is 1. The summed E-state index contributed by atoms with van der Waals surface area (Å²) in [5, 5.41) is 8.90. The Kier molecular flexibility index (Phi) is 4.22. The fraction of sp³-hybridized carbons (Fsp3) is 0.462. The average Bonchev–Trinajstić information content (AvgIpc) is 2.69. The van der Waals surface area contributed by atoms with Gasteiger partial charge < -0.3 is 5.11 Å². The molecule has 1 aliphatic rings. The maximum absolute atomic E-state index is 12.6. The minimum Gasteiger partial charge on any atom is -0.478 e. The molecule has 7 heteroatoms. The maximum Gasteiger partial charge on any atom is 0.335 e. The Hall–Kier alpha value is -0.920. The van der Waals surface area contributed by atoms with Crippen LogP contribution in [0.5, 0.6) is 0 Å². The van der Waals surface area contributed by atoms with E-state index in [1.54, 1.807) is 0 Å². The Balaban J connectivity index is 2.38. The SMILES string of the molecule is CC1CN(S(=O)(=O)c2ccc(C(=O)O)cc2Br)CC1C. The lowest BCUT2D eigenvalue weighted by Crippen LogP contribution is -2.29. The number of rotatable bonds is 3. The molecular weight excluding hydrogens is 346 g/mol. The van der Waals surface area contributed by atoms with Crippen LogP contribution in [0, 0.1) is 11.8 Å². The second-order valence-corrected chi connectivity index (χ2v) is 7.99. The van der Waals surface area contributed by atoms with Crippen LogP contribution in [0.15, 0.2) is 27.6 Å². The van der Waals surface area contributed by atoms with E-state index in [-0.39, 0.29) is 14.9 Å². The van der Waals surface area contributed by atoms with Crippen molar-refractivity contribution in [2.75, 3.05) is 13.1 Å². The normalized spacial score (nSPS) is 23.9. The van der Waals surface area contributed by atoms with Crippen LogP contribution in [0.3, 0.4) is 0 Å². The molecule has 2 rings (SSSR count). The number of carboxylic acids is 1. The molecule has 1 heterocycles. The van der Waals surface area contributed by atoms with Crippen molar-refractivity contribution >= 4 is 31.9 Å². The zero-order valence-corrected chi connectivity index (χ0v) is 13.6. The van der Waals surface area contributed by atoms with E-state index in [0.717, 1.165) is 0 Å². The minimum atomic E-state index is -3.58. The molecular formula is C13H16BrNO4S. The van der Waals surface area contributed by atoms with Crippen molar-refractivity contribution in [2.45, 2.75) is 18.7 Å². The largest absolute Gasteiger partial charge is 0.478 e. The van der Waals surface area contributed by atoms with E-state index in [4.69, 9.17) is 5.11 Å². The summed E-state index contributed by atoms with van der Waals surface area (Å²) in [5.41, 5.74) is 0.0546. The molecule has 0 amide bonds. The van der Waals surface area contributed by atoms with Gasteiger partial charge in [0.05, 0.1) is 10.5 Å². The van der Waals surface area contributed by atoms with Gasteiger partial charge in [-0.25, -0.2) is 13.2 Å². The summed E-state index contributed by atoms with van der Waals surface area (Å²) >= 11 is 3.16. The smallest absolute Gasteiger partial charge is 0.335 e. The number of carbonyl (C=O) groups is 1. The van der Waals surface area contributed by atoms with Gasteiger partial charge in [-0.15, -0.1) is 0 Å². The number of hydrogen-bond acceptors (Lipinski definition) is 3. The van der Waals surface area contributed by atoms with Gasteiger partial charge in [-0.2, -0.15) is 4.31 Å². The molecule has 1 aromatic rings. The Morgan fingerprint density at radius 1 is 1.30 bits per heavy atom. The van der Waals surface area contributed by atoms with Gasteiger partial charge >= 0.3 is 5.97 Å². The third-order valence-corrected chi connectivity index (χ3v) is 6.56. The summed E-state index contributed by atoms with van der Waals surface area (Å²) in [6, 6.07) is 3.97. The molecule has 1 N–H and O–H groups in total. The highest BCUT2D eigenvalue weighted by atomic mass is 79.9. The Labute approximate surface area is 126 Å². The average molecular weight is 362 g/mol. The second-order valence-electron chi connectivity index (χ2n) is 5.23. The Bertz CT molecular complexity index is 634. The zero-order valence-electron chi connectivity index (χ0n) is 11.2. The molecule has 1 aliphatic heterocycles. The van der Waals surface area contributed by atoms with Crippen LogP contribution in [-0.2, 0) is 10.0 Å². The molecule has 5 nitrogen and oxygen atoms in total. The molecule has 0 aromatic heterocycles. The summed E-state index contributed by atoms with van der Waals surface area (Å²) in [7, 11) is -3.58. The second kappa shape index (κ2) is 5.46. The van der Waals surface area contributed by atoms with Gasteiger partial charge in [0.15, 0.2) is 0 Å². The molecule has 110 valence electrons. The standard InChI is InChI=1S/C13H16BrNO4S/c1-8-6-15(7-9(8)2)20(18,19)12-4-3-10(13(16)17)5-11(12)14/h3-5,8-9H,6-7H2,1-2H3,(H,16,17). The van der Waals surface area contributed by atoms with E-state index in [9.17, 15) is 13.2 Å². The predicted molar refractivity (Wildman–Crippen MR) is 78.2 cm³/mol. The third kappa shape index (κ3) is 2.75. The number of sulfonamides is 1. The first-order valence-corrected chi connectivity index (χ1v) is 8.49. The highest BCUT2D eigenvalue weighted by Gasteiger charge is 2.35. The lowest BCUT2D eigenvalue weighted by Gasteiger charge is -2.17. The first kappa shape index (κ1) is 15.5. The van der Waals surface area contributed by atoms with Crippen molar-refractivity contribution in [1.82, 2.24) is 4.31 Å². The van der Waals surface area contributed by atoms with E-state index < -0.39 is 16.0 Å². The van der Waals surface area contributed by atoms with Crippen LogP contribution in [-0.4, -0.2) is 36.9 Å². The summed E-state index contributed by atoms with van der Waals surface area (Å²) < 4.78 is 26.9. The van der Waals surface area contributed by atoms with E-state index in [0.29, 0.717) is 24.9 Å². The first-order valence-electron chi connectivity index (χ1n) is 6.26. The van der Waals surface area contributed by atoms with Crippen molar-refractivity contribution < 1.29 is 18.3 Å². The molecule has 1 aromatic carbocycles. The number of benzene rings is 1. The molecule has 2 unspecified atom stereocenters. The van der Waals surface area contributed by atoms with Crippen LogP contribution in [0.2, 0.25) is 0 Å². The fourth-order valence-electron chi connectivity index (χ4n) is 2.26. The van der Waals surface area contributed by atoms with Crippen molar-refractivity contribution in [2.24, 2.45) is 11.8 Å². The third-order valence-electron chi connectivity index (χ3n) is 3.75. The molecule has 0 saturated carbocycles. The van der Waals surface area contributed by atoms with E-state index in [2.05, 4.69) is 15.9 Å². The van der Waals surface area contributed by atoms with Crippen molar-refractivity contribution in [3.8, 4) is 0 Å². The molecule has 0 bridgehead atoms. The lowest BCUT2D eigenvalue weighted by atomic mass is 10.0. The van der Waals surface area contributed by atoms with E-state index >= 15 is 0 Å². The molecule has 0 radical (unpaired) electrons. The van der Waals surface area contributed by atoms with Gasteiger partial charge in [-0.1, -0.05) is 13.8 Å².